The maximum atomic E-state index is 11.1. The highest BCUT2D eigenvalue weighted by Gasteiger charge is 2.35. The van der Waals surface area contributed by atoms with Crippen molar-refractivity contribution in [1.29, 1.82) is 0 Å². The van der Waals surface area contributed by atoms with Crippen molar-refractivity contribution in [2.45, 2.75) is 38.1 Å². The molecule has 3 nitrogen and oxygen atoms in total. The summed E-state index contributed by atoms with van der Waals surface area (Å²) in [5.41, 5.74) is 1.38. The van der Waals surface area contributed by atoms with Gasteiger partial charge < -0.3 is 5.11 Å². The lowest BCUT2D eigenvalue weighted by Gasteiger charge is -2.42. The quantitative estimate of drug-likeness (QED) is 0.892. The van der Waals surface area contributed by atoms with E-state index in [1.165, 1.54) is 5.56 Å². The van der Waals surface area contributed by atoms with Gasteiger partial charge >= 0.3 is 5.97 Å². The van der Waals surface area contributed by atoms with E-state index in [1.54, 1.807) is 6.92 Å². The molecule has 1 fully saturated rings. The molecule has 0 saturated carbocycles. The molecule has 1 aliphatic heterocycles. The molecule has 1 saturated heterocycles. The summed E-state index contributed by atoms with van der Waals surface area (Å²) in [5.74, 6) is -0.729. The van der Waals surface area contributed by atoms with E-state index in [2.05, 4.69) is 36.1 Å². The van der Waals surface area contributed by atoms with Crippen molar-refractivity contribution in [3.63, 3.8) is 0 Å². The van der Waals surface area contributed by atoms with Crippen LogP contribution in [-0.4, -0.2) is 35.1 Å². The second-order valence-corrected chi connectivity index (χ2v) is 5.51. The van der Waals surface area contributed by atoms with Crippen LogP contribution in [0.2, 0.25) is 0 Å². The normalized spacial score (nSPS) is 26.8. The summed E-state index contributed by atoms with van der Waals surface area (Å²) >= 11 is 0. The molecule has 1 aromatic rings. The molecule has 0 spiro atoms. The number of hydrogen-bond acceptors (Lipinski definition) is 2. The van der Waals surface area contributed by atoms with Crippen molar-refractivity contribution >= 4 is 5.97 Å². The zero-order valence-electron chi connectivity index (χ0n) is 11.1. The van der Waals surface area contributed by atoms with Crippen LogP contribution in [0.1, 0.15) is 32.3 Å². The first-order valence-corrected chi connectivity index (χ1v) is 6.55. The first-order chi connectivity index (χ1) is 8.53. The van der Waals surface area contributed by atoms with Crippen LogP contribution in [0.5, 0.6) is 0 Å². The van der Waals surface area contributed by atoms with Crippen molar-refractivity contribution in [3.8, 4) is 0 Å². The zero-order valence-corrected chi connectivity index (χ0v) is 11.1. The second kappa shape index (κ2) is 5.11. The summed E-state index contributed by atoms with van der Waals surface area (Å²) in [4.78, 5) is 13.2. The number of nitrogens with zero attached hydrogens (tertiary/aromatic N) is 1. The molecule has 98 valence electrons. The third-order valence-corrected chi connectivity index (χ3v) is 4.10. The van der Waals surface area contributed by atoms with Gasteiger partial charge in [0.05, 0.1) is 0 Å². The number of benzene rings is 1. The van der Waals surface area contributed by atoms with Crippen LogP contribution in [0.4, 0.5) is 0 Å². The minimum absolute atomic E-state index is 0.0726. The van der Waals surface area contributed by atoms with Gasteiger partial charge in [0, 0.05) is 12.0 Å². The standard InChI is InChI=1S/C15H21NO2/c1-12(14(17)18)16-10-6-9-15(2,11-16)13-7-4-3-5-8-13/h3-5,7-8,12H,6,9-11H2,1-2H3,(H,17,18). The Hall–Kier alpha value is -1.35. The molecule has 1 aliphatic rings. The van der Waals surface area contributed by atoms with Crippen molar-refractivity contribution in [2.75, 3.05) is 13.1 Å². The second-order valence-electron chi connectivity index (χ2n) is 5.51. The Kier molecular flexibility index (Phi) is 3.71. The van der Waals surface area contributed by atoms with Crippen LogP contribution >= 0.6 is 0 Å². The maximum Gasteiger partial charge on any atom is 0.320 e. The number of piperidine rings is 1. The van der Waals surface area contributed by atoms with Gasteiger partial charge in [0.2, 0.25) is 0 Å². The number of likely N-dealkylation sites (tertiary alicyclic amines) is 1. The lowest BCUT2D eigenvalue weighted by Crippen LogP contribution is -2.50. The number of carboxylic acids is 1. The molecule has 0 bridgehead atoms. The Morgan fingerprint density at radius 3 is 2.67 bits per heavy atom. The third-order valence-electron chi connectivity index (χ3n) is 4.10. The smallest absolute Gasteiger partial charge is 0.320 e. The molecule has 0 amide bonds. The molecular formula is C15H21NO2. The van der Waals surface area contributed by atoms with Crippen LogP contribution in [0.25, 0.3) is 0 Å². The molecule has 3 heteroatoms. The fraction of sp³-hybridized carbons (Fsp3) is 0.533. The Balaban J connectivity index is 2.17. The van der Waals surface area contributed by atoms with E-state index in [0.29, 0.717) is 0 Å². The highest BCUT2D eigenvalue weighted by molar-refractivity contribution is 5.72. The van der Waals surface area contributed by atoms with E-state index >= 15 is 0 Å². The molecular weight excluding hydrogens is 226 g/mol. The summed E-state index contributed by atoms with van der Waals surface area (Å²) in [6.45, 7) is 5.72. The van der Waals surface area contributed by atoms with Gasteiger partial charge in [-0.05, 0) is 31.9 Å². The van der Waals surface area contributed by atoms with Gasteiger partial charge in [-0.3, -0.25) is 9.69 Å². The Morgan fingerprint density at radius 2 is 2.06 bits per heavy atom. The van der Waals surface area contributed by atoms with Gasteiger partial charge in [-0.1, -0.05) is 37.3 Å². The van der Waals surface area contributed by atoms with Crippen molar-refractivity contribution in [3.05, 3.63) is 35.9 Å². The summed E-state index contributed by atoms with van der Waals surface area (Å²) in [6, 6.07) is 10.0. The predicted molar refractivity (Wildman–Crippen MR) is 71.7 cm³/mol. The molecule has 1 heterocycles. The number of carboxylic acid groups (broad SMARTS) is 1. The van der Waals surface area contributed by atoms with E-state index in [4.69, 9.17) is 5.11 Å². The molecule has 0 aromatic heterocycles. The maximum absolute atomic E-state index is 11.1. The highest BCUT2D eigenvalue weighted by atomic mass is 16.4. The van der Waals surface area contributed by atoms with Crippen LogP contribution in [-0.2, 0) is 10.2 Å². The van der Waals surface area contributed by atoms with Crippen molar-refractivity contribution < 1.29 is 9.90 Å². The number of hydrogen-bond donors (Lipinski definition) is 1. The van der Waals surface area contributed by atoms with E-state index in [9.17, 15) is 4.79 Å². The summed E-state index contributed by atoms with van der Waals surface area (Å²) in [6.07, 6.45) is 2.18. The third kappa shape index (κ3) is 2.56. The van der Waals surface area contributed by atoms with E-state index in [1.807, 2.05) is 6.07 Å². The average Bonchev–Trinajstić information content (AvgIpc) is 2.39. The SMILES string of the molecule is CC(C(=O)O)N1CCCC(C)(c2ccccc2)C1. The van der Waals surface area contributed by atoms with E-state index in [-0.39, 0.29) is 5.41 Å². The van der Waals surface area contributed by atoms with E-state index in [0.717, 1.165) is 25.9 Å². The average molecular weight is 247 g/mol. The van der Waals surface area contributed by atoms with Crippen LogP contribution in [0, 0.1) is 0 Å². The fourth-order valence-corrected chi connectivity index (χ4v) is 2.84. The molecule has 0 radical (unpaired) electrons. The molecule has 1 N–H and O–H groups in total. The first kappa shape index (κ1) is 13.1. The summed E-state index contributed by atoms with van der Waals surface area (Å²) in [5, 5.41) is 9.13. The molecule has 2 unspecified atom stereocenters. The van der Waals surface area contributed by atoms with Gasteiger partial charge in [-0.25, -0.2) is 0 Å². The monoisotopic (exact) mass is 247 g/mol. The minimum Gasteiger partial charge on any atom is -0.480 e. The Morgan fingerprint density at radius 1 is 1.39 bits per heavy atom. The molecule has 2 atom stereocenters. The lowest BCUT2D eigenvalue weighted by molar-refractivity contribution is -0.143. The van der Waals surface area contributed by atoms with Crippen LogP contribution in [0.3, 0.4) is 0 Å². The predicted octanol–water partition coefficient (Wildman–Crippen LogP) is 2.51. The molecule has 2 rings (SSSR count). The van der Waals surface area contributed by atoms with Gasteiger partial charge in [0.15, 0.2) is 0 Å². The van der Waals surface area contributed by atoms with Gasteiger partial charge in [-0.2, -0.15) is 0 Å². The number of rotatable bonds is 3. The topological polar surface area (TPSA) is 40.5 Å². The van der Waals surface area contributed by atoms with Crippen LogP contribution < -0.4 is 0 Å². The Bertz CT molecular complexity index is 418. The summed E-state index contributed by atoms with van der Waals surface area (Å²) in [7, 11) is 0. The molecule has 18 heavy (non-hydrogen) atoms. The van der Waals surface area contributed by atoms with Crippen molar-refractivity contribution in [2.24, 2.45) is 0 Å². The largest absolute Gasteiger partial charge is 0.480 e. The Labute approximate surface area is 108 Å². The number of carbonyl (C=O) groups is 1. The van der Waals surface area contributed by atoms with Gasteiger partial charge in [0.1, 0.15) is 6.04 Å². The van der Waals surface area contributed by atoms with Crippen molar-refractivity contribution in [1.82, 2.24) is 4.90 Å². The fourth-order valence-electron chi connectivity index (χ4n) is 2.84. The van der Waals surface area contributed by atoms with Gasteiger partial charge in [-0.15, -0.1) is 0 Å². The zero-order chi connectivity index (χ0) is 13.2. The lowest BCUT2D eigenvalue weighted by atomic mass is 9.75. The minimum atomic E-state index is -0.729. The van der Waals surface area contributed by atoms with Crippen LogP contribution in [0.15, 0.2) is 30.3 Å². The van der Waals surface area contributed by atoms with E-state index < -0.39 is 12.0 Å². The number of aliphatic carboxylic acids is 1. The summed E-state index contributed by atoms with van der Waals surface area (Å²) < 4.78 is 0. The highest BCUT2D eigenvalue weighted by Crippen LogP contribution is 2.34. The van der Waals surface area contributed by atoms with Gasteiger partial charge in [0.25, 0.3) is 0 Å². The molecule has 0 aliphatic carbocycles. The molecule has 1 aromatic carbocycles. The first-order valence-electron chi connectivity index (χ1n) is 6.55.